The van der Waals surface area contributed by atoms with Crippen molar-refractivity contribution in [2.75, 3.05) is 6.61 Å². The Kier molecular flexibility index (Phi) is 40.4. The van der Waals surface area contributed by atoms with Crippen LogP contribution in [-0.4, -0.2) is 46.9 Å². The second-order valence-electron chi connectivity index (χ2n) is 14.8. The first-order valence-electron chi connectivity index (χ1n) is 22.5. The van der Waals surface area contributed by atoms with Crippen LogP contribution < -0.4 is 5.32 Å². The van der Waals surface area contributed by atoms with E-state index in [4.69, 9.17) is 4.74 Å². The fourth-order valence-corrected chi connectivity index (χ4v) is 6.10. The predicted molar refractivity (Wildman–Crippen MR) is 240 cm³/mol. The van der Waals surface area contributed by atoms with E-state index in [0.29, 0.717) is 19.3 Å². The van der Waals surface area contributed by atoms with E-state index in [2.05, 4.69) is 68.6 Å². The molecule has 0 aliphatic rings. The van der Waals surface area contributed by atoms with Crippen molar-refractivity contribution in [1.82, 2.24) is 5.32 Å². The first-order valence-corrected chi connectivity index (χ1v) is 22.5. The smallest absolute Gasteiger partial charge is 0.306 e. The summed E-state index contributed by atoms with van der Waals surface area (Å²) in [6.07, 6.45) is 56.3. The van der Waals surface area contributed by atoms with Crippen LogP contribution in [0, 0.1) is 0 Å². The zero-order chi connectivity index (χ0) is 41.0. The molecule has 1 amide bonds. The van der Waals surface area contributed by atoms with Crippen LogP contribution in [0.5, 0.6) is 0 Å². The highest BCUT2D eigenvalue weighted by atomic mass is 16.5. The molecule has 0 aliphatic carbocycles. The molecular formula is C50H83NO5. The molecule has 0 saturated carbocycles. The number of carbonyl (C=O) groups excluding carboxylic acids is 2. The average Bonchev–Trinajstić information content (AvgIpc) is 3.19. The van der Waals surface area contributed by atoms with Crippen LogP contribution in [0.15, 0.2) is 97.2 Å². The summed E-state index contributed by atoms with van der Waals surface area (Å²) >= 11 is 0. The van der Waals surface area contributed by atoms with Gasteiger partial charge in [-0.05, 0) is 57.8 Å². The third-order valence-electron chi connectivity index (χ3n) is 9.53. The summed E-state index contributed by atoms with van der Waals surface area (Å²) in [5.41, 5.74) is 0. The summed E-state index contributed by atoms with van der Waals surface area (Å²) in [5, 5.41) is 23.5. The van der Waals surface area contributed by atoms with Crippen molar-refractivity contribution >= 4 is 11.9 Å². The Morgan fingerprint density at radius 2 is 1.05 bits per heavy atom. The van der Waals surface area contributed by atoms with Gasteiger partial charge in [-0.1, -0.05) is 201 Å². The van der Waals surface area contributed by atoms with Crippen molar-refractivity contribution in [3.05, 3.63) is 97.2 Å². The second kappa shape index (κ2) is 42.9. The van der Waals surface area contributed by atoms with Crippen molar-refractivity contribution in [3.63, 3.8) is 0 Å². The molecule has 0 saturated heterocycles. The van der Waals surface area contributed by atoms with Crippen molar-refractivity contribution in [3.8, 4) is 0 Å². The van der Waals surface area contributed by atoms with Crippen LogP contribution in [0.25, 0.3) is 0 Å². The molecule has 0 radical (unpaired) electrons. The Bertz CT molecular complexity index is 1140. The third kappa shape index (κ3) is 37.7. The minimum absolute atomic E-state index is 0.0334. The first kappa shape index (κ1) is 52.8. The van der Waals surface area contributed by atoms with E-state index in [9.17, 15) is 19.8 Å². The van der Waals surface area contributed by atoms with E-state index in [1.165, 1.54) is 64.2 Å². The van der Waals surface area contributed by atoms with Gasteiger partial charge < -0.3 is 20.3 Å². The quantitative estimate of drug-likeness (QED) is 0.0251. The third-order valence-corrected chi connectivity index (χ3v) is 9.53. The van der Waals surface area contributed by atoms with Gasteiger partial charge in [0.2, 0.25) is 5.91 Å². The fraction of sp³-hybridized carbons (Fsp3) is 0.640. The number of allylic oxidation sites excluding steroid dienone is 15. The predicted octanol–water partition coefficient (Wildman–Crippen LogP) is 13.0. The van der Waals surface area contributed by atoms with Crippen LogP contribution in [-0.2, 0) is 14.3 Å². The van der Waals surface area contributed by atoms with E-state index in [0.717, 1.165) is 70.6 Å². The highest BCUT2D eigenvalue weighted by Crippen LogP contribution is 2.15. The minimum atomic E-state index is -0.824. The van der Waals surface area contributed by atoms with Crippen molar-refractivity contribution < 1.29 is 24.5 Å². The van der Waals surface area contributed by atoms with Gasteiger partial charge in [0.15, 0.2) is 0 Å². The Balaban J connectivity index is 4.76. The lowest BCUT2D eigenvalue weighted by Gasteiger charge is -2.24. The van der Waals surface area contributed by atoms with E-state index in [1.54, 1.807) is 0 Å². The number of aliphatic hydroxyl groups is 2. The van der Waals surface area contributed by atoms with Crippen molar-refractivity contribution in [2.45, 2.75) is 200 Å². The summed E-state index contributed by atoms with van der Waals surface area (Å²) in [5.74, 6) is -0.646. The molecule has 56 heavy (non-hydrogen) atoms. The van der Waals surface area contributed by atoms with Gasteiger partial charge in [0.25, 0.3) is 0 Å². The second-order valence-corrected chi connectivity index (χ2v) is 14.8. The van der Waals surface area contributed by atoms with Crippen LogP contribution in [0.1, 0.15) is 181 Å². The molecule has 0 heterocycles. The Labute approximate surface area is 344 Å². The number of hydrogen-bond acceptors (Lipinski definition) is 5. The molecule has 318 valence electrons. The molecule has 0 bridgehead atoms. The largest absolute Gasteiger partial charge is 0.461 e. The highest BCUT2D eigenvalue weighted by molar-refractivity contribution is 5.77. The molecule has 0 aromatic rings. The number of rotatable bonds is 38. The van der Waals surface area contributed by atoms with Crippen molar-refractivity contribution in [1.29, 1.82) is 0 Å². The summed E-state index contributed by atoms with van der Waals surface area (Å²) in [4.78, 5) is 25.9. The standard InChI is InChI=1S/C50H83NO5/c1-4-7-10-13-16-19-21-22-23-24-25-26-28-31-34-37-40-43-50(55)56-46(41-38-35-32-30-27-20-17-14-11-8-5-2)44-49(54)51-47(45-52)48(53)42-39-36-33-29-18-15-12-9-6-3/h8,11,14,16-17,19-20,22-23,25-27,30,32,35,38,46-48,52-53H,4-7,9-10,12-13,15,18,21,24,28-29,31,33-34,36-37,39-45H2,1-3H3,(H,51,54)/b11-8+,17-14+,19-16-,23-22-,26-25-,27-20-,32-30-,38-35+. The normalized spacial score (nSPS) is 14.3. The van der Waals surface area contributed by atoms with Crippen LogP contribution in [0.2, 0.25) is 0 Å². The summed E-state index contributed by atoms with van der Waals surface area (Å²) in [6, 6.07) is -0.747. The number of hydrogen-bond donors (Lipinski definition) is 3. The van der Waals surface area contributed by atoms with Gasteiger partial charge in [0, 0.05) is 12.8 Å². The number of amides is 1. The number of esters is 1. The lowest BCUT2D eigenvalue weighted by Crippen LogP contribution is -2.46. The van der Waals surface area contributed by atoms with Crippen LogP contribution >= 0.6 is 0 Å². The number of carbonyl (C=O) groups is 2. The number of aliphatic hydroxyl groups excluding tert-OH is 2. The molecule has 6 heteroatoms. The van der Waals surface area contributed by atoms with Gasteiger partial charge in [-0.15, -0.1) is 0 Å². The van der Waals surface area contributed by atoms with E-state index >= 15 is 0 Å². The molecule has 0 aromatic heterocycles. The van der Waals surface area contributed by atoms with E-state index < -0.39 is 18.2 Å². The number of unbranched alkanes of at least 4 members (excludes halogenated alkanes) is 15. The minimum Gasteiger partial charge on any atom is -0.461 e. The first-order chi connectivity index (χ1) is 27.5. The summed E-state index contributed by atoms with van der Waals surface area (Å²) < 4.78 is 5.80. The maximum atomic E-state index is 13.1. The molecule has 3 atom stereocenters. The number of ether oxygens (including phenoxy) is 1. The molecule has 0 fully saturated rings. The van der Waals surface area contributed by atoms with Gasteiger partial charge in [0.05, 0.1) is 25.2 Å². The molecule has 0 spiro atoms. The van der Waals surface area contributed by atoms with Gasteiger partial charge >= 0.3 is 5.97 Å². The Hall–Kier alpha value is -3.22. The monoisotopic (exact) mass is 778 g/mol. The molecule has 3 N–H and O–H groups in total. The lowest BCUT2D eigenvalue weighted by atomic mass is 10.0. The topological polar surface area (TPSA) is 95.9 Å². The molecule has 6 nitrogen and oxygen atoms in total. The fourth-order valence-electron chi connectivity index (χ4n) is 6.10. The van der Waals surface area contributed by atoms with Crippen LogP contribution in [0.4, 0.5) is 0 Å². The summed E-state index contributed by atoms with van der Waals surface area (Å²) in [7, 11) is 0. The lowest BCUT2D eigenvalue weighted by molar-refractivity contribution is -0.150. The Morgan fingerprint density at radius 1 is 0.571 bits per heavy atom. The average molecular weight is 778 g/mol. The van der Waals surface area contributed by atoms with Crippen LogP contribution in [0.3, 0.4) is 0 Å². The van der Waals surface area contributed by atoms with E-state index in [-0.39, 0.29) is 24.9 Å². The SMILES string of the molecule is CC/C=C/C=C/C=C\C=C/C=C/CC(CC(=O)NC(CO)C(O)CCCCCCCCCCC)OC(=O)CCCCCC/C=C\C/C=C\C/C=C\CCCCC. The number of nitrogens with one attached hydrogen (secondary N) is 1. The van der Waals surface area contributed by atoms with Gasteiger partial charge in [-0.2, -0.15) is 0 Å². The maximum Gasteiger partial charge on any atom is 0.306 e. The van der Waals surface area contributed by atoms with Gasteiger partial charge in [-0.3, -0.25) is 9.59 Å². The molecular weight excluding hydrogens is 695 g/mol. The molecule has 3 unspecified atom stereocenters. The Morgan fingerprint density at radius 3 is 1.64 bits per heavy atom. The van der Waals surface area contributed by atoms with Gasteiger partial charge in [0.1, 0.15) is 6.10 Å². The molecule has 0 aliphatic heterocycles. The zero-order valence-electron chi connectivity index (χ0n) is 36.0. The molecule has 0 aromatic carbocycles. The maximum absolute atomic E-state index is 13.1. The zero-order valence-corrected chi connectivity index (χ0v) is 36.0. The van der Waals surface area contributed by atoms with E-state index in [1.807, 2.05) is 54.7 Å². The summed E-state index contributed by atoms with van der Waals surface area (Å²) in [6.45, 7) is 6.21. The van der Waals surface area contributed by atoms with Gasteiger partial charge in [-0.25, -0.2) is 0 Å². The van der Waals surface area contributed by atoms with Crippen molar-refractivity contribution in [2.24, 2.45) is 0 Å². The molecule has 0 rings (SSSR count). The highest BCUT2D eigenvalue weighted by Gasteiger charge is 2.23.